The van der Waals surface area contributed by atoms with Crippen molar-refractivity contribution >= 4 is 17.2 Å². The number of rotatable bonds is 5. The Bertz CT molecular complexity index is 324. The first-order chi connectivity index (χ1) is 7.15. The van der Waals surface area contributed by atoms with Gasteiger partial charge in [0.05, 0.1) is 17.7 Å². The normalized spacial score (nSPS) is 12.5. The molecule has 0 aliphatic heterocycles. The number of hydrogen-bond donors (Lipinski definition) is 2. The predicted molar refractivity (Wildman–Crippen MR) is 62.0 cm³/mol. The Morgan fingerprint density at radius 1 is 1.67 bits per heavy atom. The van der Waals surface area contributed by atoms with Crippen LogP contribution in [0.4, 0.5) is 0 Å². The van der Waals surface area contributed by atoms with E-state index in [2.05, 4.69) is 15.6 Å². The van der Waals surface area contributed by atoms with Crippen molar-refractivity contribution in [3.63, 3.8) is 0 Å². The van der Waals surface area contributed by atoms with Gasteiger partial charge in [-0.15, -0.1) is 11.3 Å². The highest BCUT2D eigenvalue weighted by Crippen LogP contribution is 2.20. The molecule has 1 heterocycles. The number of nitrogens with zero attached hydrogens (tertiary/aromatic N) is 1. The molecule has 0 aliphatic carbocycles. The zero-order valence-corrected chi connectivity index (χ0v) is 10.1. The van der Waals surface area contributed by atoms with Crippen LogP contribution < -0.4 is 10.6 Å². The molecular weight excluding hydrogens is 210 g/mol. The Hall–Kier alpha value is -0.940. The van der Waals surface area contributed by atoms with E-state index in [1.165, 1.54) is 4.88 Å². The summed E-state index contributed by atoms with van der Waals surface area (Å²) in [4.78, 5) is 16.6. The summed E-state index contributed by atoms with van der Waals surface area (Å²) < 4.78 is 0. The summed E-state index contributed by atoms with van der Waals surface area (Å²) in [5.41, 5.74) is 2.87. The van der Waals surface area contributed by atoms with Crippen molar-refractivity contribution in [1.82, 2.24) is 15.6 Å². The molecule has 5 heteroatoms. The lowest BCUT2D eigenvalue weighted by Gasteiger charge is -2.12. The minimum Gasteiger partial charge on any atom is -0.355 e. The molecule has 0 aliphatic rings. The third kappa shape index (κ3) is 3.60. The summed E-state index contributed by atoms with van der Waals surface area (Å²) in [5, 5.41) is 5.92. The van der Waals surface area contributed by atoms with Gasteiger partial charge in [-0.25, -0.2) is 4.98 Å². The first-order valence-electron chi connectivity index (χ1n) is 5.05. The number of carbonyl (C=O) groups excluding carboxylic acids is 1. The minimum atomic E-state index is 0.0338. The summed E-state index contributed by atoms with van der Waals surface area (Å²) in [6.07, 6.45) is 0. The summed E-state index contributed by atoms with van der Waals surface area (Å²) in [5.74, 6) is 0.0338. The first-order valence-corrected chi connectivity index (χ1v) is 5.93. The molecule has 0 spiro atoms. The highest BCUT2D eigenvalue weighted by atomic mass is 32.1. The van der Waals surface area contributed by atoms with Gasteiger partial charge in [0.2, 0.25) is 5.91 Å². The number of aryl methyl sites for hydroxylation is 1. The quantitative estimate of drug-likeness (QED) is 0.795. The predicted octanol–water partition coefficient (Wildman–Crippen LogP) is 1.24. The minimum absolute atomic E-state index is 0.0338. The van der Waals surface area contributed by atoms with Crippen LogP contribution in [0.5, 0.6) is 0 Å². The van der Waals surface area contributed by atoms with Crippen LogP contribution in [-0.4, -0.2) is 24.0 Å². The second-order valence-electron chi connectivity index (χ2n) is 3.36. The van der Waals surface area contributed by atoms with Gasteiger partial charge in [0.1, 0.15) is 0 Å². The van der Waals surface area contributed by atoms with Crippen LogP contribution in [0.2, 0.25) is 0 Å². The average molecular weight is 227 g/mol. The number of thiazole rings is 1. The van der Waals surface area contributed by atoms with Gasteiger partial charge in [-0.3, -0.25) is 4.79 Å². The van der Waals surface area contributed by atoms with E-state index in [0.717, 1.165) is 5.69 Å². The van der Waals surface area contributed by atoms with Crippen molar-refractivity contribution in [2.24, 2.45) is 0 Å². The molecule has 0 aromatic carbocycles. The molecule has 1 rings (SSSR count). The smallest absolute Gasteiger partial charge is 0.233 e. The molecule has 1 unspecified atom stereocenters. The highest BCUT2D eigenvalue weighted by molar-refractivity contribution is 7.09. The molecule has 84 valence electrons. The van der Waals surface area contributed by atoms with E-state index < -0.39 is 0 Å². The molecule has 4 nitrogen and oxygen atoms in total. The van der Waals surface area contributed by atoms with Gasteiger partial charge in [0.25, 0.3) is 0 Å². The van der Waals surface area contributed by atoms with Crippen LogP contribution in [0, 0.1) is 6.92 Å². The summed E-state index contributed by atoms with van der Waals surface area (Å²) in [7, 11) is 0. The van der Waals surface area contributed by atoms with Gasteiger partial charge in [0.15, 0.2) is 0 Å². The maximum atomic E-state index is 11.2. The van der Waals surface area contributed by atoms with Crippen LogP contribution in [0.3, 0.4) is 0 Å². The SMILES string of the molecule is CCNC(=O)CNC(C)c1scnc1C. The highest BCUT2D eigenvalue weighted by Gasteiger charge is 2.11. The second kappa shape index (κ2) is 5.82. The summed E-state index contributed by atoms with van der Waals surface area (Å²) >= 11 is 1.62. The van der Waals surface area contributed by atoms with Gasteiger partial charge < -0.3 is 10.6 Å². The lowest BCUT2D eigenvalue weighted by atomic mass is 10.2. The van der Waals surface area contributed by atoms with E-state index in [1.807, 2.05) is 26.3 Å². The molecule has 2 N–H and O–H groups in total. The molecule has 0 fully saturated rings. The van der Waals surface area contributed by atoms with Crippen LogP contribution in [0.25, 0.3) is 0 Å². The largest absolute Gasteiger partial charge is 0.355 e. The van der Waals surface area contributed by atoms with Crippen molar-refractivity contribution < 1.29 is 4.79 Å². The van der Waals surface area contributed by atoms with E-state index in [0.29, 0.717) is 13.1 Å². The van der Waals surface area contributed by atoms with E-state index in [1.54, 1.807) is 11.3 Å². The van der Waals surface area contributed by atoms with Gasteiger partial charge in [0, 0.05) is 17.5 Å². The van der Waals surface area contributed by atoms with Gasteiger partial charge in [-0.2, -0.15) is 0 Å². The number of amides is 1. The molecule has 0 saturated carbocycles. The Morgan fingerprint density at radius 2 is 2.40 bits per heavy atom. The van der Waals surface area contributed by atoms with Gasteiger partial charge in [-0.1, -0.05) is 0 Å². The van der Waals surface area contributed by atoms with Gasteiger partial charge in [-0.05, 0) is 20.8 Å². The lowest BCUT2D eigenvalue weighted by molar-refractivity contribution is -0.120. The molecule has 0 saturated heterocycles. The fraction of sp³-hybridized carbons (Fsp3) is 0.600. The number of hydrogen-bond acceptors (Lipinski definition) is 4. The van der Waals surface area contributed by atoms with Crippen LogP contribution in [0.1, 0.15) is 30.5 Å². The van der Waals surface area contributed by atoms with E-state index >= 15 is 0 Å². The molecule has 1 aromatic heterocycles. The zero-order chi connectivity index (χ0) is 11.3. The van der Waals surface area contributed by atoms with Crippen LogP contribution >= 0.6 is 11.3 Å². The van der Waals surface area contributed by atoms with E-state index in [4.69, 9.17) is 0 Å². The zero-order valence-electron chi connectivity index (χ0n) is 9.33. The molecule has 0 radical (unpaired) electrons. The van der Waals surface area contributed by atoms with Crippen molar-refractivity contribution in [2.75, 3.05) is 13.1 Å². The van der Waals surface area contributed by atoms with Gasteiger partial charge >= 0.3 is 0 Å². The van der Waals surface area contributed by atoms with Crippen LogP contribution in [-0.2, 0) is 4.79 Å². The van der Waals surface area contributed by atoms with E-state index in [-0.39, 0.29) is 11.9 Å². The maximum Gasteiger partial charge on any atom is 0.233 e. The standard InChI is InChI=1S/C10H17N3OS/c1-4-11-9(14)5-12-7(2)10-8(3)13-6-15-10/h6-7,12H,4-5H2,1-3H3,(H,11,14). The molecular formula is C10H17N3OS. The van der Waals surface area contributed by atoms with Crippen molar-refractivity contribution in [3.8, 4) is 0 Å². The molecule has 1 amide bonds. The number of nitrogens with one attached hydrogen (secondary N) is 2. The van der Waals surface area contributed by atoms with Crippen LogP contribution in [0.15, 0.2) is 5.51 Å². The van der Waals surface area contributed by atoms with Crippen molar-refractivity contribution in [3.05, 3.63) is 16.1 Å². The van der Waals surface area contributed by atoms with Crippen molar-refractivity contribution in [1.29, 1.82) is 0 Å². The average Bonchev–Trinajstić information content (AvgIpc) is 2.61. The number of likely N-dealkylation sites (N-methyl/N-ethyl adjacent to an activating group) is 1. The Labute approximate surface area is 94.1 Å². The Kier molecular flexibility index (Phi) is 4.71. The fourth-order valence-corrected chi connectivity index (χ4v) is 2.16. The van der Waals surface area contributed by atoms with Crippen molar-refractivity contribution in [2.45, 2.75) is 26.8 Å². The Morgan fingerprint density at radius 3 is 2.93 bits per heavy atom. The van der Waals surface area contributed by atoms with E-state index in [9.17, 15) is 4.79 Å². The second-order valence-corrected chi connectivity index (χ2v) is 4.24. The topological polar surface area (TPSA) is 54.0 Å². The molecule has 1 aromatic rings. The maximum absolute atomic E-state index is 11.2. The fourth-order valence-electron chi connectivity index (χ4n) is 1.32. The number of carbonyl (C=O) groups is 1. The third-order valence-electron chi connectivity index (χ3n) is 2.12. The summed E-state index contributed by atoms with van der Waals surface area (Å²) in [6, 6.07) is 0.181. The number of aromatic nitrogens is 1. The molecule has 15 heavy (non-hydrogen) atoms. The first kappa shape index (κ1) is 12.1. The monoisotopic (exact) mass is 227 g/mol. The third-order valence-corrected chi connectivity index (χ3v) is 3.23. The summed E-state index contributed by atoms with van der Waals surface area (Å²) in [6.45, 7) is 6.96. The lowest BCUT2D eigenvalue weighted by Crippen LogP contribution is -2.34. The molecule has 1 atom stereocenters. The molecule has 0 bridgehead atoms. The Balaban J connectivity index is 2.40.